The zero-order chi connectivity index (χ0) is 20.5. The van der Waals surface area contributed by atoms with E-state index >= 15 is 0 Å². The minimum atomic E-state index is -0.679. The number of amides is 2. The Labute approximate surface area is 169 Å². The molecule has 29 heavy (non-hydrogen) atoms. The number of nitrogens with one attached hydrogen (secondary N) is 2. The predicted molar refractivity (Wildman–Crippen MR) is 112 cm³/mol. The van der Waals surface area contributed by atoms with Crippen molar-refractivity contribution in [2.75, 3.05) is 25.0 Å². The van der Waals surface area contributed by atoms with Crippen LogP contribution in [-0.4, -0.2) is 51.5 Å². The van der Waals surface area contributed by atoms with Gasteiger partial charge < -0.3 is 15.5 Å². The molecule has 4 rings (SSSR count). The van der Waals surface area contributed by atoms with E-state index in [9.17, 15) is 14.4 Å². The number of carbonyl (C=O) groups excluding carboxylic acids is 2. The molecule has 0 saturated carbocycles. The smallest absolute Gasteiger partial charge is 0.328 e. The monoisotopic (exact) mass is 399 g/mol. The molecule has 0 bridgehead atoms. The van der Waals surface area contributed by atoms with Crippen LogP contribution in [0, 0.1) is 5.92 Å². The molecule has 2 aromatic rings. The van der Waals surface area contributed by atoms with E-state index in [0.717, 1.165) is 31.4 Å². The first kappa shape index (κ1) is 19.7. The number of hydrogen-bond acceptors (Lipinski definition) is 4. The summed E-state index contributed by atoms with van der Waals surface area (Å²) < 4.78 is 3.07. The third kappa shape index (κ3) is 3.81. The molecule has 0 spiro atoms. The van der Waals surface area contributed by atoms with Gasteiger partial charge in [0, 0.05) is 32.4 Å². The number of fused-ring (bicyclic) bond motifs is 2. The Balaban J connectivity index is 1.37. The average molecular weight is 399 g/mol. The number of rotatable bonds is 3. The van der Waals surface area contributed by atoms with Crippen LogP contribution in [0.2, 0.25) is 0 Å². The summed E-state index contributed by atoms with van der Waals surface area (Å²) >= 11 is 0. The van der Waals surface area contributed by atoms with Gasteiger partial charge in [0.1, 0.15) is 0 Å². The van der Waals surface area contributed by atoms with E-state index in [1.54, 1.807) is 36.9 Å². The molecule has 0 aliphatic carbocycles. The highest BCUT2D eigenvalue weighted by atomic mass is 16.2. The topological polar surface area (TPSA) is 88.4 Å². The van der Waals surface area contributed by atoms with Gasteiger partial charge in [-0.15, -0.1) is 0 Å². The van der Waals surface area contributed by atoms with Crippen molar-refractivity contribution in [3.63, 3.8) is 0 Å². The minimum absolute atomic E-state index is 0.134. The van der Waals surface area contributed by atoms with Crippen LogP contribution in [0.15, 0.2) is 23.0 Å². The summed E-state index contributed by atoms with van der Waals surface area (Å²) in [6.07, 6.45) is 5.94. The number of anilines is 1. The summed E-state index contributed by atoms with van der Waals surface area (Å²) in [6, 6.07) is 5.71. The second-order valence-electron chi connectivity index (χ2n) is 8.27. The Morgan fingerprint density at radius 2 is 1.76 bits per heavy atom. The zero-order valence-corrected chi connectivity index (χ0v) is 17.1. The standard InChI is InChI=1S/C21H29N5O3/c1-24-17-9-8-15(12-18(17)25(2)21(24)29)23-20(28)19(27)22-13-14-6-5-11-26-10-4-3-7-16(14)26/h8-9,12,14,16H,3-7,10-11,13H2,1-2H3,(H,22,27)(H,23,28). The summed E-state index contributed by atoms with van der Waals surface area (Å²) in [6.45, 7) is 2.85. The van der Waals surface area contributed by atoms with E-state index in [0.29, 0.717) is 29.7 Å². The fourth-order valence-corrected chi connectivity index (χ4v) is 4.89. The van der Waals surface area contributed by atoms with Gasteiger partial charge >= 0.3 is 17.5 Å². The van der Waals surface area contributed by atoms with Crippen molar-refractivity contribution in [1.82, 2.24) is 19.4 Å². The minimum Gasteiger partial charge on any atom is -0.347 e. The first-order valence-corrected chi connectivity index (χ1v) is 10.4. The van der Waals surface area contributed by atoms with Gasteiger partial charge in [-0.2, -0.15) is 0 Å². The summed E-state index contributed by atoms with van der Waals surface area (Å²) in [5.41, 5.74) is 1.84. The maximum atomic E-state index is 12.4. The molecule has 2 aliphatic rings. The van der Waals surface area contributed by atoms with Gasteiger partial charge in [-0.25, -0.2) is 4.79 Å². The molecule has 2 aliphatic heterocycles. The first-order valence-electron chi connectivity index (χ1n) is 10.4. The molecule has 8 nitrogen and oxygen atoms in total. The third-order valence-corrected chi connectivity index (χ3v) is 6.49. The van der Waals surface area contributed by atoms with Crippen LogP contribution in [-0.2, 0) is 23.7 Å². The van der Waals surface area contributed by atoms with Crippen LogP contribution in [0.25, 0.3) is 11.0 Å². The Kier molecular flexibility index (Phi) is 5.45. The van der Waals surface area contributed by atoms with Gasteiger partial charge in [0.15, 0.2) is 0 Å². The second kappa shape index (κ2) is 8.02. The van der Waals surface area contributed by atoms with Crippen molar-refractivity contribution in [2.45, 2.75) is 38.1 Å². The molecule has 2 saturated heterocycles. The molecular formula is C21H29N5O3. The van der Waals surface area contributed by atoms with Crippen molar-refractivity contribution in [3.05, 3.63) is 28.7 Å². The highest BCUT2D eigenvalue weighted by Gasteiger charge is 2.33. The summed E-state index contributed by atoms with van der Waals surface area (Å²) in [5, 5.41) is 5.48. The molecule has 1 aromatic heterocycles. The summed E-state index contributed by atoms with van der Waals surface area (Å²) in [4.78, 5) is 39.3. The molecule has 156 valence electrons. The van der Waals surface area contributed by atoms with Crippen LogP contribution in [0.5, 0.6) is 0 Å². The normalized spacial score (nSPS) is 22.3. The highest BCUT2D eigenvalue weighted by molar-refractivity contribution is 6.39. The van der Waals surface area contributed by atoms with E-state index < -0.39 is 11.8 Å². The highest BCUT2D eigenvalue weighted by Crippen LogP contribution is 2.30. The van der Waals surface area contributed by atoms with Crippen LogP contribution in [0.3, 0.4) is 0 Å². The number of imidazole rings is 1. The third-order valence-electron chi connectivity index (χ3n) is 6.49. The predicted octanol–water partition coefficient (Wildman–Crippen LogP) is 1.20. The second-order valence-corrected chi connectivity index (χ2v) is 8.27. The van der Waals surface area contributed by atoms with Crippen molar-refractivity contribution < 1.29 is 9.59 Å². The lowest BCUT2D eigenvalue weighted by molar-refractivity contribution is -0.136. The maximum Gasteiger partial charge on any atom is 0.328 e. The van der Waals surface area contributed by atoms with Crippen LogP contribution >= 0.6 is 0 Å². The lowest BCUT2D eigenvalue weighted by Gasteiger charge is -2.44. The molecule has 2 atom stereocenters. The lowest BCUT2D eigenvalue weighted by atomic mass is 9.83. The summed E-state index contributed by atoms with van der Waals surface area (Å²) in [5.74, 6) is -0.877. The van der Waals surface area contributed by atoms with E-state index in [4.69, 9.17) is 0 Å². The molecule has 2 fully saturated rings. The number of aromatic nitrogens is 2. The van der Waals surface area contributed by atoms with Gasteiger partial charge in [0.2, 0.25) is 0 Å². The van der Waals surface area contributed by atoms with Crippen molar-refractivity contribution >= 4 is 28.5 Å². The largest absolute Gasteiger partial charge is 0.347 e. The van der Waals surface area contributed by atoms with Crippen molar-refractivity contribution in [2.24, 2.45) is 20.0 Å². The number of carbonyl (C=O) groups is 2. The number of benzene rings is 1. The van der Waals surface area contributed by atoms with E-state index in [1.165, 1.54) is 23.8 Å². The zero-order valence-electron chi connectivity index (χ0n) is 17.1. The van der Waals surface area contributed by atoms with Crippen LogP contribution in [0.1, 0.15) is 32.1 Å². The van der Waals surface area contributed by atoms with E-state index in [-0.39, 0.29) is 5.69 Å². The van der Waals surface area contributed by atoms with Crippen LogP contribution in [0.4, 0.5) is 5.69 Å². The Morgan fingerprint density at radius 1 is 1.00 bits per heavy atom. The molecule has 8 heteroatoms. The first-order chi connectivity index (χ1) is 14.0. The molecule has 2 N–H and O–H groups in total. The number of piperidine rings is 2. The quantitative estimate of drug-likeness (QED) is 0.759. The van der Waals surface area contributed by atoms with Gasteiger partial charge in [0.25, 0.3) is 0 Å². The molecule has 2 amide bonds. The van der Waals surface area contributed by atoms with Gasteiger partial charge in [-0.3, -0.25) is 18.7 Å². The Morgan fingerprint density at radius 3 is 2.59 bits per heavy atom. The van der Waals surface area contributed by atoms with E-state index in [1.807, 2.05) is 0 Å². The molecule has 3 heterocycles. The number of aryl methyl sites for hydroxylation is 2. The number of hydrogen-bond donors (Lipinski definition) is 2. The van der Waals surface area contributed by atoms with Crippen LogP contribution < -0.4 is 16.3 Å². The Hall–Kier alpha value is -2.61. The average Bonchev–Trinajstić information content (AvgIpc) is 2.95. The van der Waals surface area contributed by atoms with Crippen molar-refractivity contribution in [3.8, 4) is 0 Å². The fraction of sp³-hybridized carbons (Fsp3) is 0.571. The molecular weight excluding hydrogens is 370 g/mol. The van der Waals surface area contributed by atoms with Gasteiger partial charge in [-0.05, 0) is 62.9 Å². The van der Waals surface area contributed by atoms with Crippen molar-refractivity contribution in [1.29, 1.82) is 0 Å². The number of nitrogens with zero attached hydrogens (tertiary/aromatic N) is 3. The molecule has 1 aromatic carbocycles. The molecule has 2 unspecified atom stereocenters. The summed E-state index contributed by atoms with van der Waals surface area (Å²) in [7, 11) is 3.39. The van der Waals surface area contributed by atoms with E-state index in [2.05, 4.69) is 15.5 Å². The maximum absolute atomic E-state index is 12.4. The van der Waals surface area contributed by atoms with Gasteiger partial charge in [-0.1, -0.05) is 6.42 Å². The Bertz CT molecular complexity index is 990. The molecule has 0 radical (unpaired) electrons. The fourth-order valence-electron chi connectivity index (χ4n) is 4.89. The lowest BCUT2D eigenvalue weighted by Crippen LogP contribution is -2.51. The van der Waals surface area contributed by atoms with Gasteiger partial charge in [0.05, 0.1) is 11.0 Å². The SMILES string of the molecule is Cn1c(=O)n(C)c2cc(NC(=O)C(=O)NCC3CCCN4CCCCC34)ccc21.